The topological polar surface area (TPSA) is 99.3 Å². The van der Waals surface area contributed by atoms with Gasteiger partial charge in [-0.25, -0.2) is 14.4 Å². The molecule has 0 aliphatic heterocycles. The summed E-state index contributed by atoms with van der Waals surface area (Å²) in [5.74, 6) is 0.122. The van der Waals surface area contributed by atoms with E-state index in [9.17, 15) is 0 Å². The number of nitrogens with zero attached hydrogens (tertiary/aromatic N) is 6. The molecule has 5 heterocycles. The number of nitrogens with one attached hydrogen (secondary N) is 2. The summed E-state index contributed by atoms with van der Waals surface area (Å²) in [5, 5.41) is 7.82. The molecule has 0 spiro atoms. The lowest BCUT2D eigenvalue weighted by atomic mass is 10.0. The van der Waals surface area contributed by atoms with Crippen molar-refractivity contribution in [2.45, 2.75) is 6.54 Å². The van der Waals surface area contributed by atoms with E-state index in [-0.39, 0.29) is 5.52 Å². The average Bonchev–Trinajstić information content (AvgIpc) is 3.48. The highest BCUT2D eigenvalue weighted by Crippen LogP contribution is 2.33. The number of H-pyrrole nitrogens is 2. The van der Waals surface area contributed by atoms with Gasteiger partial charge < -0.3 is 9.88 Å². The maximum absolute atomic E-state index is 15.1. The van der Waals surface area contributed by atoms with Crippen LogP contribution in [0.25, 0.3) is 55.8 Å². The molecule has 0 radical (unpaired) electrons. The fraction of sp³-hybridized carbons (Fsp3) is 0.115. The third-order valence-electron chi connectivity index (χ3n) is 5.86. The molecule has 35 heavy (non-hydrogen) atoms. The van der Waals surface area contributed by atoms with E-state index in [1.807, 2.05) is 50.6 Å². The van der Waals surface area contributed by atoms with Crippen LogP contribution < -0.4 is 0 Å². The van der Waals surface area contributed by atoms with Crippen LogP contribution in [0.5, 0.6) is 0 Å². The molecule has 8 nitrogen and oxygen atoms in total. The van der Waals surface area contributed by atoms with Crippen molar-refractivity contribution < 1.29 is 4.39 Å². The lowest BCUT2D eigenvalue weighted by molar-refractivity contribution is 0.402. The van der Waals surface area contributed by atoms with Crippen LogP contribution in [-0.4, -0.2) is 54.1 Å². The average molecular weight is 465 g/mol. The van der Waals surface area contributed by atoms with Crippen LogP contribution >= 0.6 is 0 Å². The number of imidazole rings is 1. The van der Waals surface area contributed by atoms with Crippen molar-refractivity contribution in [1.29, 1.82) is 0 Å². The number of hydrogen-bond acceptors (Lipinski definition) is 6. The number of fused-ring (bicyclic) bond motifs is 2. The monoisotopic (exact) mass is 464 g/mol. The van der Waals surface area contributed by atoms with Gasteiger partial charge in [0.05, 0.1) is 5.52 Å². The zero-order valence-electron chi connectivity index (χ0n) is 19.1. The number of benzene rings is 1. The van der Waals surface area contributed by atoms with Crippen molar-refractivity contribution in [3.63, 3.8) is 0 Å². The summed E-state index contributed by atoms with van der Waals surface area (Å²) in [6.45, 7) is 0.744. The molecule has 9 heteroatoms. The molecule has 0 unspecified atom stereocenters. The first-order valence-electron chi connectivity index (χ1n) is 11.1. The molecule has 0 aliphatic carbocycles. The predicted molar refractivity (Wildman–Crippen MR) is 133 cm³/mol. The van der Waals surface area contributed by atoms with E-state index < -0.39 is 5.82 Å². The van der Waals surface area contributed by atoms with Gasteiger partial charge in [-0.15, -0.1) is 0 Å². The Morgan fingerprint density at radius 1 is 0.914 bits per heavy atom. The minimum absolute atomic E-state index is 0.254. The molecule has 2 N–H and O–H groups in total. The van der Waals surface area contributed by atoms with Crippen LogP contribution in [0.2, 0.25) is 0 Å². The van der Waals surface area contributed by atoms with Gasteiger partial charge in [-0.05, 0) is 67.2 Å². The number of hydrogen-bond donors (Lipinski definition) is 2. The van der Waals surface area contributed by atoms with Gasteiger partial charge in [-0.2, -0.15) is 5.10 Å². The summed E-state index contributed by atoms with van der Waals surface area (Å²) in [6.07, 6.45) is 8.77. The fourth-order valence-electron chi connectivity index (χ4n) is 4.32. The van der Waals surface area contributed by atoms with E-state index in [1.165, 1.54) is 6.07 Å². The number of aromatic nitrogens is 7. The fourth-order valence-corrected chi connectivity index (χ4v) is 4.32. The van der Waals surface area contributed by atoms with Gasteiger partial charge in [0.25, 0.3) is 0 Å². The van der Waals surface area contributed by atoms with Gasteiger partial charge in [0.1, 0.15) is 11.2 Å². The minimum Gasteiger partial charge on any atom is -0.335 e. The molecule has 0 bridgehead atoms. The summed E-state index contributed by atoms with van der Waals surface area (Å²) >= 11 is 0. The molecule has 172 valence electrons. The second-order valence-electron chi connectivity index (χ2n) is 8.65. The highest BCUT2D eigenvalue weighted by atomic mass is 19.1. The SMILES string of the molecule is CN(C)Cc1cncc(-c2cc(F)c3n[nH]c(-c4nc5nccc(-c6ccncc6)c5[nH]4)c3c2)c1. The zero-order valence-corrected chi connectivity index (χ0v) is 19.1. The summed E-state index contributed by atoms with van der Waals surface area (Å²) in [7, 11) is 4.00. The maximum Gasteiger partial charge on any atom is 0.178 e. The zero-order chi connectivity index (χ0) is 23.9. The molecule has 0 aliphatic rings. The van der Waals surface area contributed by atoms with Crippen LogP contribution in [0.4, 0.5) is 4.39 Å². The van der Waals surface area contributed by atoms with Crippen molar-refractivity contribution in [1.82, 2.24) is 40.0 Å². The number of rotatable bonds is 5. The smallest absolute Gasteiger partial charge is 0.178 e. The van der Waals surface area contributed by atoms with Gasteiger partial charge in [-0.3, -0.25) is 15.1 Å². The van der Waals surface area contributed by atoms with E-state index in [2.05, 4.69) is 40.0 Å². The van der Waals surface area contributed by atoms with E-state index >= 15 is 4.39 Å². The Hall–Kier alpha value is -4.50. The molecule has 0 amide bonds. The summed E-state index contributed by atoms with van der Waals surface area (Å²) in [5.41, 5.74) is 6.75. The Labute approximate surface area is 199 Å². The third kappa shape index (κ3) is 3.81. The first kappa shape index (κ1) is 21.1. The number of aromatic amines is 2. The predicted octanol–water partition coefficient (Wildman–Crippen LogP) is 4.83. The number of halogens is 1. The van der Waals surface area contributed by atoms with Gasteiger partial charge >= 0.3 is 0 Å². The summed E-state index contributed by atoms with van der Waals surface area (Å²) < 4.78 is 15.1. The number of pyridine rings is 3. The quantitative estimate of drug-likeness (QED) is 0.379. The van der Waals surface area contributed by atoms with Gasteiger partial charge in [-0.1, -0.05) is 0 Å². The van der Waals surface area contributed by atoms with Crippen LogP contribution in [-0.2, 0) is 6.54 Å². The van der Waals surface area contributed by atoms with Crippen LogP contribution in [0.15, 0.2) is 67.4 Å². The van der Waals surface area contributed by atoms with E-state index in [4.69, 9.17) is 0 Å². The maximum atomic E-state index is 15.1. The van der Waals surface area contributed by atoms with Crippen LogP contribution in [0.3, 0.4) is 0 Å². The summed E-state index contributed by atoms with van der Waals surface area (Å²) in [6, 6.07) is 11.2. The first-order valence-corrected chi connectivity index (χ1v) is 11.1. The van der Waals surface area contributed by atoms with Crippen molar-refractivity contribution >= 4 is 22.1 Å². The summed E-state index contributed by atoms with van der Waals surface area (Å²) in [4.78, 5) is 23.0. The van der Waals surface area contributed by atoms with Crippen molar-refractivity contribution in [3.05, 3.63) is 78.8 Å². The second kappa shape index (κ2) is 8.37. The van der Waals surface area contributed by atoms with Gasteiger partial charge in [0.2, 0.25) is 0 Å². The second-order valence-corrected chi connectivity index (χ2v) is 8.65. The molecule has 1 aromatic carbocycles. The van der Waals surface area contributed by atoms with Crippen molar-refractivity contribution in [2.75, 3.05) is 14.1 Å². The Morgan fingerprint density at radius 3 is 2.60 bits per heavy atom. The molecule has 0 saturated heterocycles. The molecule has 5 aromatic heterocycles. The Kier molecular flexibility index (Phi) is 5.04. The van der Waals surface area contributed by atoms with Gasteiger partial charge in [0.15, 0.2) is 17.3 Å². The van der Waals surface area contributed by atoms with E-state index in [1.54, 1.807) is 24.8 Å². The third-order valence-corrected chi connectivity index (χ3v) is 5.86. The lowest BCUT2D eigenvalue weighted by Gasteiger charge is -2.10. The van der Waals surface area contributed by atoms with E-state index in [0.717, 1.165) is 39.9 Å². The molecular formula is C26H21FN8. The molecule has 0 atom stereocenters. The van der Waals surface area contributed by atoms with Crippen LogP contribution in [0.1, 0.15) is 5.56 Å². The molecule has 6 rings (SSSR count). The highest BCUT2D eigenvalue weighted by molar-refractivity contribution is 5.97. The standard InChI is InChI=1S/C26H21FN8/c1-35(2)14-15-9-18(13-29-12-15)17-10-20-22(21(27)11-17)33-34-24(20)26-31-23-19(5-8-30-25(23)32-26)16-3-6-28-7-4-16/h3-13H,14H2,1-2H3,(H,33,34)(H,30,31,32). The molecule has 0 saturated carbocycles. The van der Waals surface area contributed by atoms with Crippen LogP contribution in [0, 0.1) is 5.82 Å². The lowest BCUT2D eigenvalue weighted by Crippen LogP contribution is -2.10. The Morgan fingerprint density at radius 2 is 1.77 bits per heavy atom. The van der Waals surface area contributed by atoms with Crippen molar-refractivity contribution in [3.8, 4) is 33.8 Å². The largest absolute Gasteiger partial charge is 0.335 e. The molecule has 6 aromatic rings. The molecular weight excluding hydrogens is 443 g/mol. The molecule has 0 fully saturated rings. The first-order chi connectivity index (χ1) is 17.1. The van der Waals surface area contributed by atoms with Crippen molar-refractivity contribution in [2.24, 2.45) is 0 Å². The Balaban J connectivity index is 1.48. The van der Waals surface area contributed by atoms with E-state index in [0.29, 0.717) is 22.6 Å². The minimum atomic E-state index is -0.412. The highest BCUT2D eigenvalue weighted by Gasteiger charge is 2.18. The van der Waals surface area contributed by atoms with Gasteiger partial charge in [0, 0.05) is 54.0 Å². The Bertz CT molecular complexity index is 1670. The normalized spacial score (nSPS) is 11.7.